The van der Waals surface area contributed by atoms with E-state index in [1.54, 1.807) is 13.0 Å². The Morgan fingerprint density at radius 1 is 1.21 bits per heavy atom. The average molecular weight is 399 g/mol. The number of anilines is 1. The first-order valence-corrected chi connectivity index (χ1v) is 7.72. The van der Waals surface area contributed by atoms with E-state index in [1.807, 2.05) is 0 Å². The quantitative estimate of drug-likeness (QED) is 0.447. The number of halogens is 4. The summed E-state index contributed by atoms with van der Waals surface area (Å²) in [4.78, 5) is 12.1. The summed E-state index contributed by atoms with van der Waals surface area (Å²) >= 11 is 3.11. The van der Waals surface area contributed by atoms with Crippen LogP contribution in [0.2, 0.25) is 0 Å². The number of carbonyl (C=O) groups excluding carboxylic acids is 1. The zero-order valence-corrected chi connectivity index (χ0v) is 14.3. The zero-order valence-electron chi connectivity index (χ0n) is 12.7. The molecule has 0 heterocycles. The van der Waals surface area contributed by atoms with Crippen LogP contribution in [-0.2, 0) is 6.54 Å². The van der Waals surface area contributed by atoms with Gasteiger partial charge in [-0.1, -0.05) is 15.9 Å². The van der Waals surface area contributed by atoms with E-state index in [0.29, 0.717) is 16.2 Å². The topological polar surface area (TPSA) is 55.1 Å². The van der Waals surface area contributed by atoms with Crippen molar-refractivity contribution in [3.8, 4) is 0 Å². The van der Waals surface area contributed by atoms with E-state index in [2.05, 4.69) is 21.2 Å². The van der Waals surface area contributed by atoms with Crippen LogP contribution in [0.5, 0.6) is 0 Å². The molecule has 0 atom stereocenters. The maximum absolute atomic E-state index is 13.7. The second-order valence-corrected chi connectivity index (χ2v) is 6.05. The van der Waals surface area contributed by atoms with Gasteiger partial charge in [-0.2, -0.15) is 0 Å². The standard InChI is InChI=1S/C17H14BrF3N2O/c1-9(4-16(24)13-3-2-11(18)6-14(13)20)23-8-10-5-12(19)7-15(21)17(10)22/h2-7,23H,8,22H2,1H3/b9-4-. The van der Waals surface area contributed by atoms with Crippen LogP contribution in [0, 0.1) is 17.5 Å². The third-order valence-corrected chi connectivity index (χ3v) is 3.78. The third kappa shape index (κ3) is 4.38. The molecule has 0 fully saturated rings. The highest BCUT2D eigenvalue weighted by Crippen LogP contribution is 2.19. The molecule has 0 radical (unpaired) electrons. The molecule has 2 aromatic carbocycles. The lowest BCUT2D eigenvalue weighted by Crippen LogP contribution is -2.14. The van der Waals surface area contributed by atoms with E-state index >= 15 is 0 Å². The van der Waals surface area contributed by atoms with Crippen molar-refractivity contribution in [2.75, 3.05) is 5.73 Å². The fraction of sp³-hybridized carbons (Fsp3) is 0.118. The minimum atomic E-state index is -0.846. The number of ketones is 1. The van der Waals surface area contributed by atoms with Crippen molar-refractivity contribution < 1.29 is 18.0 Å². The van der Waals surface area contributed by atoms with Crippen molar-refractivity contribution in [2.24, 2.45) is 0 Å². The van der Waals surface area contributed by atoms with Gasteiger partial charge in [-0.05, 0) is 36.8 Å². The molecule has 2 aromatic rings. The van der Waals surface area contributed by atoms with Crippen molar-refractivity contribution in [1.82, 2.24) is 5.32 Å². The molecule has 0 saturated heterocycles. The molecule has 3 nitrogen and oxygen atoms in total. The maximum atomic E-state index is 13.7. The second kappa shape index (κ2) is 7.53. The van der Waals surface area contributed by atoms with Gasteiger partial charge in [-0.25, -0.2) is 13.2 Å². The third-order valence-electron chi connectivity index (χ3n) is 3.28. The molecule has 0 aliphatic carbocycles. The number of allylic oxidation sites excluding steroid dienone is 2. The molecule has 2 rings (SSSR count). The average Bonchev–Trinajstić information content (AvgIpc) is 2.49. The molecule has 0 unspecified atom stereocenters. The fourth-order valence-electron chi connectivity index (χ4n) is 2.03. The Hall–Kier alpha value is -2.28. The normalized spacial score (nSPS) is 11.5. The van der Waals surface area contributed by atoms with E-state index in [-0.39, 0.29) is 23.4 Å². The molecule has 0 aliphatic heterocycles. The van der Waals surface area contributed by atoms with Gasteiger partial charge in [-0.15, -0.1) is 0 Å². The molecular formula is C17H14BrF3N2O. The van der Waals surface area contributed by atoms with E-state index in [1.165, 1.54) is 18.2 Å². The zero-order chi connectivity index (χ0) is 17.9. The molecule has 24 heavy (non-hydrogen) atoms. The van der Waals surface area contributed by atoms with Crippen LogP contribution in [0.4, 0.5) is 18.9 Å². The number of nitrogens with two attached hydrogens (primary N) is 1. The lowest BCUT2D eigenvalue weighted by atomic mass is 10.1. The lowest BCUT2D eigenvalue weighted by Gasteiger charge is -2.10. The number of rotatable bonds is 5. The van der Waals surface area contributed by atoms with Crippen LogP contribution < -0.4 is 11.1 Å². The first-order valence-electron chi connectivity index (χ1n) is 6.93. The minimum absolute atomic E-state index is 0.0267. The van der Waals surface area contributed by atoms with Crippen LogP contribution in [0.1, 0.15) is 22.8 Å². The summed E-state index contributed by atoms with van der Waals surface area (Å²) < 4.78 is 40.8. The summed E-state index contributed by atoms with van der Waals surface area (Å²) in [6.45, 7) is 1.61. The SMILES string of the molecule is C/C(=C/C(=O)c1ccc(Br)cc1F)NCc1cc(F)cc(F)c1N. The number of benzene rings is 2. The molecule has 0 aromatic heterocycles. The molecule has 3 N–H and O–H groups in total. The first kappa shape index (κ1) is 18.1. The summed E-state index contributed by atoms with van der Waals surface area (Å²) in [6.07, 6.45) is 1.21. The Morgan fingerprint density at radius 2 is 1.92 bits per heavy atom. The van der Waals surface area contributed by atoms with E-state index < -0.39 is 23.2 Å². The number of hydrogen-bond acceptors (Lipinski definition) is 3. The van der Waals surface area contributed by atoms with Crippen LogP contribution >= 0.6 is 15.9 Å². The summed E-state index contributed by atoms with van der Waals surface area (Å²) in [6, 6.07) is 5.92. The molecule has 126 valence electrons. The van der Waals surface area contributed by atoms with Gasteiger partial charge in [0.2, 0.25) is 0 Å². The molecule has 7 heteroatoms. The molecule has 0 aliphatic rings. The number of hydrogen-bond donors (Lipinski definition) is 2. The second-order valence-electron chi connectivity index (χ2n) is 5.13. The van der Waals surface area contributed by atoms with Crippen molar-refractivity contribution in [1.29, 1.82) is 0 Å². The maximum Gasteiger partial charge on any atom is 0.190 e. The smallest absolute Gasteiger partial charge is 0.190 e. The Balaban J connectivity index is 2.10. The van der Waals surface area contributed by atoms with Gasteiger partial charge in [0.05, 0.1) is 11.3 Å². The molecule has 0 amide bonds. The van der Waals surface area contributed by atoms with Gasteiger partial charge in [0.25, 0.3) is 0 Å². The molecular weight excluding hydrogens is 385 g/mol. The fourth-order valence-corrected chi connectivity index (χ4v) is 2.37. The van der Waals surface area contributed by atoms with Crippen LogP contribution in [0.25, 0.3) is 0 Å². The molecule has 0 spiro atoms. The van der Waals surface area contributed by atoms with Crippen LogP contribution in [0.3, 0.4) is 0 Å². The highest BCUT2D eigenvalue weighted by molar-refractivity contribution is 9.10. The lowest BCUT2D eigenvalue weighted by molar-refractivity contribution is 0.104. The van der Waals surface area contributed by atoms with E-state index in [4.69, 9.17) is 5.73 Å². The summed E-state index contributed by atoms with van der Waals surface area (Å²) in [5.41, 5.74) is 5.94. The Labute approximate surface area is 145 Å². The molecule has 0 bridgehead atoms. The van der Waals surface area contributed by atoms with E-state index in [0.717, 1.165) is 6.07 Å². The van der Waals surface area contributed by atoms with Crippen molar-refractivity contribution >= 4 is 27.4 Å². The van der Waals surface area contributed by atoms with Gasteiger partial charge >= 0.3 is 0 Å². The Bertz CT molecular complexity index is 822. The number of nitrogens with one attached hydrogen (secondary N) is 1. The number of nitrogen functional groups attached to an aromatic ring is 1. The van der Waals surface area contributed by atoms with Crippen molar-refractivity contribution in [3.63, 3.8) is 0 Å². The van der Waals surface area contributed by atoms with Crippen LogP contribution in [0.15, 0.2) is 46.6 Å². The minimum Gasteiger partial charge on any atom is -0.396 e. The number of carbonyl (C=O) groups is 1. The van der Waals surface area contributed by atoms with Crippen molar-refractivity contribution in [2.45, 2.75) is 13.5 Å². The Morgan fingerprint density at radius 3 is 2.58 bits per heavy atom. The van der Waals surface area contributed by atoms with E-state index in [9.17, 15) is 18.0 Å². The highest BCUT2D eigenvalue weighted by atomic mass is 79.9. The van der Waals surface area contributed by atoms with Gasteiger partial charge in [0, 0.05) is 28.9 Å². The predicted molar refractivity (Wildman–Crippen MR) is 89.8 cm³/mol. The van der Waals surface area contributed by atoms with Gasteiger partial charge in [0.1, 0.15) is 17.5 Å². The highest BCUT2D eigenvalue weighted by Gasteiger charge is 2.11. The van der Waals surface area contributed by atoms with Gasteiger partial charge in [0.15, 0.2) is 5.78 Å². The summed E-state index contributed by atoms with van der Waals surface area (Å²) in [5.74, 6) is -2.76. The summed E-state index contributed by atoms with van der Waals surface area (Å²) in [7, 11) is 0. The molecule has 0 saturated carbocycles. The Kier molecular flexibility index (Phi) is 5.66. The predicted octanol–water partition coefficient (Wildman–Crippen LogP) is 4.32. The first-order chi connectivity index (χ1) is 11.3. The summed E-state index contributed by atoms with van der Waals surface area (Å²) in [5, 5.41) is 2.82. The van der Waals surface area contributed by atoms with Crippen LogP contribution in [-0.4, -0.2) is 5.78 Å². The monoisotopic (exact) mass is 398 g/mol. The largest absolute Gasteiger partial charge is 0.396 e. The van der Waals surface area contributed by atoms with Crippen molar-refractivity contribution in [3.05, 3.63) is 75.2 Å². The van der Waals surface area contributed by atoms with Gasteiger partial charge < -0.3 is 11.1 Å². The van der Waals surface area contributed by atoms with Gasteiger partial charge in [-0.3, -0.25) is 4.79 Å².